The largest absolute Gasteiger partial charge is 0.508 e. The molecule has 2 rings (SSSR count). The third-order valence-corrected chi connectivity index (χ3v) is 3.64. The number of nitrogens with one attached hydrogen (secondary N) is 1. The molecule has 5 heteroatoms. The summed E-state index contributed by atoms with van der Waals surface area (Å²) in [5.41, 5.74) is 1.54. The molecule has 0 aliphatic carbocycles. The number of benzene rings is 1. The van der Waals surface area contributed by atoms with Crippen LogP contribution < -0.4 is 5.32 Å². The Hall–Kier alpha value is -1.46. The summed E-state index contributed by atoms with van der Waals surface area (Å²) in [6.45, 7) is 4.44. The first-order valence-electron chi connectivity index (χ1n) is 5.69. The van der Waals surface area contributed by atoms with Crippen molar-refractivity contribution in [3.63, 3.8) is 0 Å². The summed E-state index contributed by atoms with van der Waals surface area (Å²) in [7, 11) is 0. The number of aromatic nitrogens is 1. The average Bonchev–Trinajstić information content (AvgIpc) is 2.72. The molecule has 0 aliphatic heterocycles. The molecule has 2 N–H and O–H groups in total. The molecule has 0 spiro atoms. The minimum Gasteiger partial charge on any atom is -0.508 e. The minimum absolute atomic E-state index is 0.0565. The fourth-order valence-corrected chi connectivity index (χ4v) is 2.42. The highest BCUT2D eigenvalue weighted by Gasteiger charge is 2.11. The van der Waals surface area contributed by atoms with Crippen LogP contribution in [0, 0.1) is 12.7 Å². The number of hydrogen-bond acceptors (Lipinski definition) is 4. The summed E-state index contributed by atoms with van der Waals surface area (Å²) in [6.07, 6.45) is 0. The number of aryl methyl sites for hydroxylation is 1. The summed E-state index contributed by atoms with van der Waals surface area (Å²) in [5.74, 6) is -0.454. The zero-order chi connectivity index (χ0) is 13.1. The van der Waals surface area contributed by atoms with Gasteiger partial charge in [-0.3, -0.25) is 0 Å². The Morgan fingerprint density at radius 1 is 1.50 bits per heavy atom. The van der Waals surface area contributed by atoms with Gasteiger partial charge in [0.2, 0.25) is 0 Å². The predicted octanol–water partition coefficient (Wildman–Crippen LogP) is 3.15. The molecule has 0 radical (unpaired) electrons. The smallest absolute Gasteiger partial charge is 0.131 e. The highest BCUT2D eigenvalue weighted by molar-refractivity contribution is 7.09. The summed E-state index contributed by atoms with van der Waals surface area (Å²) in [5, 5.41) is 15.3. The molecule has 3 nitrogen and oxygen atoms in total. The van der Waals surface area contributed by atoms with E-state index in [9.17, 15) is 4.39 Å². The van der Waals surface area contributed by atoms with E-state index in [2.05, 4.69) is 10.3 Å². The fourth-order valence-electron chi connectivity index (χ4n) is 1.70. The predicted molar refractivity (Wildman–Crippen MR) is 70.2 cm³/mol. The third kappa shape index (κ3) is 3.05. The lowest BCUT2D eigenvalue weighted by molar-refractivity contribution is 0.463. The van der Waals surface area contributed by atoms with Crippen LogP contribution in [-0.4, -0.2) is 10.1 Å². The van der Waals surface area contributed by atoms with Gasteiger partial charge >= 0.3 is 0 Å². The van der Waals surface area contributed by atoms with Crippen LogP contribution in [0.15, 0.2) is 23.6 Å². The quantitative estimate of drug-likeness (QED) is 0.893. The zero-order valence-electron chi connectivity index (χ0n) is 10.3. The second-order valence-electron chi connectivity index (χ2n) is 4.19. The topological polar surface area (TPSA) is 45.1 Å². The van der Waals surface area contributed by atoms with E-state index in [1.54, 1.807) is 17.4 Å². The summed E-state index contributed by atoms with van der Waals surface area (Å²) in [6, 6.07) is 4.08. The Bertz CT molecular complexity index is 542. The Labute approximate surface area is 109 Å². The maximum atomic E-state index is 13.6. The summed E-state index contributed by atoms with van der Waals surface area (Å²) >= 11 is 1.59. The molecule has 96 valence electrons. The fraction of sp³-hybridized carbons (Fsp3) is 0.308. The third-order valence-electron chi connectivity index (χ3n) is 2.68. The maximum Gasteiger partial charge on any atom is 0.131 e. The number of rotatable bonds is 4. The monoisotopic (exact) mass is 266 g/mol. The minimum atomic E-state index is -0.398. The Kier molecular flexibility index (Phi) is 3.93. The van der Waals surface area contributed by atoms with Crippen molar-refractivity contribution in [2.75, 3.05) is 0 Å². The van der Waals surface area contributed by atoms with Crippen molar-refractivity contribution in [1.29, 1.82) is 0 Å². The molecular weight excluding hydrogens is 251 g/mol. The number of aromatic hydroxyl groups is 1. The molecule has 1 aromatic carbocycles. The SMILES string of the molecule is Cc1csc(CNC(C)c2ccc(O)cc2F)n1. The number of phenols is 1. The van der Waals surface area contributed by atoms with Crippen molar-refractivity contribution in [3.05, 3.63) is 45.7 Å². The highest BCUT2D eigenvalue weighted by atomic mass is 32.1. The Balaban J connectivity index is 2.01. The van der Waals surface area contributed by atoms with E-state index < -0.39 is 5.82 Å². The molecular formula is C13H15FN2OS. The molecule has 1 unspecified atom stereocenters. The second kappa shape index (κ2) is 5.46. The van der Waals surface area contributed by atoms with Crippen LogP contribution >= 0.6 is 11.3 Å². The van der Waals surface area contributed by atoms with Crippen molar-refractivity contribution < 1.29 is 9.50 Å². The van der Waals surface area contributed by atoms with E-state index in [1.165, 1.54) is 6.07 Å². The molecule has 1 atom stereocenters. The van der Waals surface area contributed by atoms with E-state index in [1.807, 2.05) is 19.2 Å². The van der Waals surface area contributed by atoms with E-state index in [0.717, 1.165) is 16.8 Å². The van der Waals surface area contributed by atoms with Crippen molar-refractivity contribution >= 4 is 11.3 Å². The molecule has 0 bridgehead atoms. The molecule has 0 amide bonds. The molecule has 2 aromatic rings. The normalized spacial score (nSPS) is 12.6. The Morgan fingerprint density at radius 3 is 2.89 bits per heavy atom. The van der Waals surface area contributed by atoms with Gasteiger partial charge in [0.25, 0.3) is 0 Å². The number of halogens is 1. The number of nitrogens with zero attached hydrogens (tertiary/aromatic N) is 1. The van der Waals surface area contributed by atoms with Crippen LogP contribution in [0.3, 0.4) is 0 Å². The molecule has 1 heterocycles. The van der Waals surface area contributed by atoms with E-state index in [4.69, 9.17) is 5.11 Å². The average molecular weight is 266 g/mol. The lowest BCUT2D eigenvalue weighted by Gasteiger charge is -2.14. The van der Waals surface area contributed by atoms with E-state index in [-0.39, 0.29) is 11.8 Å². The standard InChI is InChI=1S/C13H15FN2OS/c1-8-7-18-13(16-8)6-15-9(2)11-4-3-10(17)5-12(11)14/h3-5,7,9,15,17H,6H2,1-2H3. The van der Waals surface area contributed by atoms with E-state index >= 15 is 0 Å². The van der Waals surface area contributed by atoms with Crippen LogP contribution in [-0.2, 0) is 6.54 Å². The van der Waals surface area contributed by atoms with Gasteiger partial charge in [0, 0.05) is 35.3 Å². The molecule has 1 aromatic heterocycles. The molecule has 18 heavy (non-hydrogen) atoms. The van der Waals surface area contributed by atoms with Gasteiger partial charge in [-0.2, -0.15) is 0 Å². The zero-order valence-corrected chi connectivity index (χ0v) is 11.1. The molecule has 0 fully saturated rings. The Morgan fingerprint density at radius 2 is 2.28 bits per heavy atom. The van der Waals surface area contributed by atoms with Gasteiger partial charge in [-0.1, -0.05) is 6.07 Å². The van der Waals surface area contributed by atoms with Crippen molar-refractivity contribution in [1.82, 2.24) is 10.3 Å². The van der Waals surface area contributed by atoms with Crippen molar-refractivity contribution in [2.24, 2.45) is 0 Å². The van der Waals surface area contributed by atoms with Gasteiger partial charge in [0.05, 0.1) is 0 Å². The highest BCUT2D eigenvalue weighted by Crippen LogP contribution is 2.21. The first-order chi connectivity index (χ1) is 8.56. The van der Waals surface area contributed by atoms with Gasteiger partial charge < -0.3 is 10.4 Å². The van der Waals surface area contributed by atoms with Gasteiger partial charge in [-0.15, -0.1) is 11.3 Å². The number of phenolic OH excluding ortho intramolecular Hbond substituents is 1. The summed E-state index contributed by atoms with van der Waals surface area (Å²) in [4.78, 5) is 4.34. The van der Waals surface area contributed by atoms with Gasteiger partial charge in [-0.05, 0) is 19.9 Å². The lowest BCUT2D eigenvalue weighted by atomic mass is 10.1. The van der Waals surface area contributed by atoms with Crippen molar-refractivity contribution in [3.8, 4) is 5.75 Å². The van der Waals surface area contributed by atoms with Gasteiger partial charge in [0.15, 0.2) is 0 Å². The first kappa shape index (κ1) is 13.0. The van der Waals surface area contributed by atoms with Crippen molar-refractivity contribution in [2.45, 2.75) is 26.4 Å². The molecule has 0 saturated carbocycles. The van der Waals surface area contributed by atoms with Crippen LogP contribution in [0.2, 0.25) is 0 Å². The second-order valence-corrected chi connectivity index (χ2v) is 5.13. The first-order valence-corrected chi connectivity index (χ1v) is 6.57. The van der Waals surface area contributed by atoms with E-state index in [0.29, 0.717) is 12.1 Å². The molecule has 0 aliphatic rings. The lowest BCUT2D eigenvalue weighted by Crippen LogP contribution is -2.19. The van der Waals surface area contributed by atoms with Gasteiger partial charge in [0.1, 0.15) is 16.6 Å². The molecule has 0 saturated heterocycles. The van der Waals surface area contributed by atoms with Gasteiger partial charge in [-0.25, -0.2) is 9.37 Å². The van der Waals surface area contributed by atoms with Crippen LogP contribution in [0.1, 0.15) is 29.2 Å². The maximum absolute atomic E-state index is 13.6. The number of hydrogen-bond donors (Lipinski definition) is 2. The summed E-state index contributed by atoms with van der Waals surface area (Å²) < 4.78 is 13.6. The number of thiazole rings is 1. The van der Waals surface area contributed by atoms with Crippen LogP contribution in [0.5, 0.6) is 5.75 Å². The van der Waals surface area contributed by atoms with Crippen LogP contribution in [0.4, 0.5) is 4.39 Å². The van der Waals surface area contributed by atoms with Crippen LogP contribution in [0.25, 0.3) is 0 Å².